The van der Waals surface area contributed by atoms with Crippen LogP contribution in [-0.4, -0.2) is 30.0 Å². The molecule has 0 spiro atoms. The van der Waals surface area contributed by atoms with Gasteiger partial charge in [-0.3, -0.25) is 0 Å². The Morgan fingerprint density at radius 3 is 2.25 bits per heavy atom. The lowest BCUT2D eigenvalue weighted by Gasteiger charge is -2.27. The molecule has 0 radical (unpaired) electrons. The van der Waals surface area contributed by atoms with Crippen LogP contribution >= 0.6 is 11.8 Å². The largest absolute Gasteiger partial charge is 0.417 e. The number of benzene rings is 2. The highest BCUT2D eigenvalue weighted by atomic mass is 32.2. The van der Waals surface area contributed by atoms with Gasteiger partial charge in [-0.2, -0.15) is 5.26 Å². The number of nitrogens with zero attached hydrogens (tertiary/aromatic N) is 2. The third-order valence-corrected chi connectivity index (χ3v) is 4.62. The molecule has 5 heteroatoms. The average Bonchev–Trinajstić information content (AvgIpc) is 2.61. The number of amides is 1. The first kappa shape index (κ1) is 17.9. The zero-order chi connectivity index (χ0) is 17.4. The van der Waals surface area contributed by atoms with Crippen molar-refractivity contribution in [2.75, 3.05) is 14.1 Å². The van der Waals surface area contributed by atoms with Gasteiger partial charge < -0.3 is 9.64 Å². The van der Waals surface area contributed by atoms with Gasteiger partial charge in [0.05, 0.1) is 0 Å². The fourth-order valence-corrected chi connectivity index (χ4v) is 3.13. The van der Waals surface area contributed by atoms with Gasteiger partial charge in [-0.15, -0.1) is 0 Å². The minimum Gasteiger partial charge on any atom is -0.417 e. The van der Waals surface area contributed by atoms with Crippen molar-refractivity contribution >= 4 is 17.9 Å². The Morgan fingerprint density at radius 1 is 1.12 bits per heavy atom. The minimum atomic E-state index is -1.27. The van der Waals surface area contributed by atoms with Crippen LogP contribution in [0, 0.1) is 11.3 Å². The van der Waals surface area contributed by atoms with Gasteiger partial charge in [0.15, 0.2) is 0 Å². The molecule has 0 aliphatic carbocycles. The molecule has 1 atom stereocenters. The number of thioether (sulfide) groups is 1. The maximum Gasteiger partial charge on any atom is 0.411 e. The fourth-order valence-electron chi connectivity index (χ4n) is 2.09. The summed E-state index contributed by atoms with van der Waals surface area (Å²) in [5.74, 6) is 0. The summed E-state index contributed by atoms with van der Waals surface area (Å²) in [6.07, 6.45) is 0.537. The summed E-state index contributed by atoms with van der Waals surface area (Å²) in [5.41, 5.74) is 1.10. The maximum atomic E-state index is 12.1. The number of carbonyl (C=O) groups excluding carboxylic acids is 1. The predicted molar refractivity (Wildman–Crippen MR) is 95.6 cm³/mol. The Kier molecular flexibility index (Phi) is 6.28. The maximum absolute atomic E-state index is 12.1. The zero-order valence-corrected chi connectivity index (χ0v) is 14.6. The number of rotatable bonds is 6. The van der Waals surface area contributed by atoms with Gasteiger partial charge in [0.25, 0.3) is 4.93 Å². The fraction of sp³-hybridized carbons (Fsp3) is 0.263. The molecule has 24 heavy (non-hydrogen) atoms. The summed E-state index contributed by atoms with van der Waals surface area (Å²) < 4.78 is 5.56. The number of nitriles is 1. The number of carbonyl (C=O) groups is 1. The molecular weight excluding hydrogens is 320 g/mol. The summed E-state index contributed by atoms with van der Waals surface area (Å²) in [6.45, 7) is 0. The van der Waals surface area contributed by atoms with Crippen LogP contribution in [0.25, 0.3) is 0 Å². The smallest absolute Gasteiger partial charge is 0.411 e. The molecule has 0 saturated heterocycles. The number of aryl methyl sites for hydroxylation is 1. The van der Waals surface area contributed by atoms with Crippen molar-refractivity contribution in [3.8, 4) is 6.07 Å². The van der Waals surface area contributed by atoms with Gasteiger partial charge in [-0.05, 0) is 24.1 Å². The van der Waals surface area contributed by atoms with Crippen LogP contribution in [0.15, 0.2) is 65.6 Å². The van der Waals surface area contributed by atoms with Crippen LogP contribution < -0.4 is 0 Å². The quantitative estimate of drug-likeness (QED) is 0.580. The molecule has 1 amide bonds. The van der Waals surface area contributed by atoms with Crippen molar-refractivity contribution in [3.63, 3.8) is 0 Å². The summed E-state index contributed by atoms with van der Waals surface area (Å²) in [5, 5.41) is 9.78. The lowest BCUT2D eigenvalue weighted by atomic mass is 10.1. The van der Waals surface area contributed by atoms with E-state index in [9.17, 15) is 10.1 Å². The van der Waals surface area contributed by atoms with E-state index >= 15 is 0 Å². The van der Waals surface area contributed by atoms with Gasteiger partial charge in [0, 0.05) is 25.4 Å². The Labute approximate surface area is 147 Å². The van der Waals surface area contributed by atoms with Gasteiger partial charge in [-0.1, -0.05) is 60.3 Å². The highest BCUT2D eigenvalue weighted by molar-refractivity contribution is 8.00. The van der Waals surface area contributed by atoms with E-state index in [0.29, 0.717) is 12.8 Å². The standard InChI is InChI=1S/C19H20N2O2S/c1-21(2)18(22)23-19(15-20,24-17-11-7-4-8-12-17)14-13-16-9-5-3-6-10-16/h3-12H,13-14H2,1-2H3/t19-/m0/s1. The molecule has 0 heterocycles. The molecule has 0 unspecified atom stereocenters. The van der Waals surface area contributed by atoms with E-state index in [2.05, 4.69) is 6.07 Å². The van der Waals surface area contributed by atoms with E-state index in [-0.39, 0.29) is 0 Å². The van der Waals surface area contributed by atoms with E-state index < -0.39 is 11.0 Å². The molecule has 4 nitrogen and oxygen atoms in total. The molecule has 2 aromatic carbocycles. The number of ether oxygens (including phenoxy) is 1. The van der Waals surface area contributed by atoms with Crippen molar-refractivity contribution in [2.45, 2.75) is 22.7 Å². The van der Waals surface area contributed by atoms with E-state index in [4.69, 9.17) is 4.74 Å². The Morgan fingerprint density at radius 2 is 1.71 bits per heavy atom. The van der Waals surface area contributed by atoms with Gasteiger partial charge in [0.1, 0.15) is 6.07 Å². The average molecular weight is 340 g/mol. The summed E-state index contributed by atoms with van der Waals surface area (Å²) >= 11 is 1.27. The van der Waals surface area contributed by atoms with E-state index in [1.54, 1.807) is 14.1 Å². The molecule has 2 aromatic rings. The van der Waals surface area contributed by atoms with Crippen molar-refractivity contribution < 1.29 is 9.53 Å². The van der Waals surface area contributed by atoms with E-state index in [1.165, 1.54) is 16.7 Å². The normalized spacial score (nSPS) is 12.7. The molecule has 0 bridgehead atoms. The van der Waals surface area contributed by atoms with Crippen LogP contribution in [0.2, 0.25) is 0 Å². The van der Waals surface area contributed by atoms with Crippen LogP contribution in [0.1, 0.15) is 12.0 Å². The predicted octanol–water partition coefficient (Wildman–Crippen LogP) is 4.33. The van der Waals surface area contributed by atoms with Crippen molar-refractivity contribution in [3.05, 3.63) is 66.2 Å². The second kappa shape index (κ2) is 8.42. The molecule has 124 valence electrons. The first-order valence-corrected chi connectivity index (χ1v) is 8.46. The third-order valence-electron chi connectivity index (χ3n) is 3.40. The van der Waals surface area contributed by atoms with Gasteiger partial charge in [-0.25, -0.2) is 4.79 Å². The highest BCUT2D eigenvalue weighted by Crippen LogP contribution is 2.37. The lowest BCUT2D eigenvalue weighted by molar-refractivity contribution is 0.0781. The van der Waals surface area contributed by atoms with Gasteiger partial charge >= 0.3 is 6.09 Å². The zero-order valence-electron chi connectivity index (χ0n) is 13.8. The van der Waals surface area contributed by atoms with Crippen LogP contribution in [0.3, 0.4) is 0 Å². The molecular formula is C19H20N2O2S. The topological polar surface area (TPSA) is 53.3 Å². The SMILES string of the molecule is CN(C)C(=O)O[C@@](C#N)(CCc1ccccc1)Sc1ccccc1. The number of hydrogen-bond acceptors (Lipinski definition) is 4. The molecule has 0 aliphatic rings. The summed E-state index contributed by atoms with van der Waals surface area (Å²) in [6, 6.07) is 21.6. The molecule has 0 saturated carbocycles. The van der Waals surface area contributed by atoms with Crippen molar-refractivity contribution in [1.29, 1.82) is 5.26 Å². The second-order valence-corrected chi connectivity index (χ2v) is 6.86. The Hall–Kier alpha value is -2.45. The van der Waals surface area contributed by atoms with Crippen LogP contribution in [0.5, 0.6) is 0 Å². The monoisotopic (exact) mass is 340 g/mol. The van der Waals surface area contributed by atoms with E-state index in [0.717, 1.165) is 10.5 Å². The van der Waals surface area contributed by atoms with Crippen LogP contribution in [0.4, 0.5) is 4.79 Å². The molecule has 0 aromatic heterocycles. The molecule has 0 fully saturated rings. The van der Waals surface area contributed by atoms with Crippen molar-refractivity contribution in [2.24, 2.45) is 0 Å². The molecule has 2 rings (SSSR count). The highest BCUT2D eigenvalue weighted by Gasteiger charge is 2.36. The third kappa shape index (κ3) is 5.04. The van der Waals surface area contributed by atoms with E-state index in [1.807, 2.05) is 60.7 Å². The number of hydrogen-bond donors (Lipinski definition) is 0. The van der Waals surface area contributed by atoms with Crippen LogP contribution in [-0.2, 0) is 11.2 Å². The minimum absolute atomic E-state index is 0.409. The van der Waals surface area contributed by atoms with Gasteiger partial charge in [0.2, 0.25) is 0 Å². The molecule has 0 N–H and O–H groups in total. The Bertz CT molecular complexity index is 698. The van der Waals surface area contributed by atoms with Crippen molar-refractivity contribution in [1.82, 2.24) is 4.90 Å². The second-order valence-electron chi connectivity index (χ2n) is 5.53. The molecule has 0 aliphatic heterocycles. The summed E-state index contributed by atoms with van der Waals surface area (Å²) in [4.78, 5) is 13.0. The first-order chi connectivity index (χ1) is 11.5. The lowest BCUT2D eigenvalue weighted by Crippen LogP contribution is -2.35. The first-order valence-electron chi connectivity index (χ1n) is 7.64. The summed E-state index contributed by atoms with van der Waals surface area (Å²) in [7, 11) is 3.21. The Balaban J connectivity index is 2.21.